The first kappa shape index (κ1) is 17.9. The molecular formula is C15H27NO5. The van der Waals surface area contributed by atoms with Gasteiger partial charge in [-0.05, 0) is 32.6 Å². The zero-order valence-electron chi connectivity index (χ0n) is 13.0. The topological polar surface area (TPSA) is 84.9 Å². The Morgan fingerprint density at radius 2 is 2.19 bits per heavy atom. The average molecular weight is 301 g/mol. The Bertz CT molecular complexity index is 328. The second-order valence-electron chi connectivity index (χ2n) is 5.51. The summed E-state index contributed by atoms with van der Waals surface area (Å²) in [5.41, 5.74) is 0. The van der Waals surface area contributed by atoms with Crippen LogP contribution in [0.15, 0.2) is 0 Å². The van der Waals surface area contributed by atoms with E-state index in [9.17, 15) is 9.59 Å². The number of nitrogens with one attached hydrogen (secondary N) is 1. The van der Waals surface area contributed by atoms with E-state index in [2.05, 4.69) is 5.32 Å². The van der Waals surface area contributed by atoms with Gasteiger partial charge in [0, 0.05) is 6.61 Å². The van der Waals surface area contributed by atoms with Gasteiger partial charge >= 0.3 is 5.97 Å². The maximum absolute atomic E-state index is 12.0. The quantitative estimate of drug-likeness (QED) is 0.677. The van der Waals surface area contributed by atoms with Gasteiger partial charge in [0.2, 0.25) is 5.91 Å². The highest BCUT2D eigenvalue weighted by atomic mass is 16.5. The van der Waals surface area contributed by atoms with E-state index in [4.69, 9.17) is 14.6 Å². The van der Waals surface area contributed by atoms with E-state index >= 15 is 0 Å². The van der Waals surface area contributed by atoms with Crippen LogP contribution in [-0.4, -0.2) is 48.4 Å². The predicted molar refractivity (Wildman–Crippen MR) is 78.1 cm³/mol. The lowest BCUT2D eigenvalue weighted by Crippen LogP contribution is -2.46. The Kier molecular flexibility index (Phi) is 8.30. The second-order valence-corrected chi connectivity index (χ2v) is 5.51. The van der Waals surface area contributed by atoms with Crippen molar-refractivity contribution >= 4 is 11.9 Å². The van der Waals surface area contributed by atoms with E-state index < -0.39 is 18.1 Å². The van der Waals surface area contributed by atoms with Crippen molar-refractivity contribution in [3.63, 3.8) is 0 Å². The number of carbonyl (C=O) groups is 2. The molecule has 0 saturated carbocycles. The third-order valence-electron chi connectivity index (χ3n) is 3.64. The summed E-state index contributed by atoms with van der Waals surface area (Å²) in [6.07, 6.45) is 4.62. The molecule has 1 amide bonds. The minimum atomic E-state index is -1.00. The highest BCUT2D eigenvalue weighted by Gasteiger charge is 2.24. The predicted octanol–water partition coefficient (Wildman–Crippen LogP) is 1.72. The number of ether oxygens (including phenoxy) is 2. The number of hydrogen-bond donors (Lipinski definition) is 2. The molecule has 1 aliphatic heterocycles. The van der Waals surface area contributed by atoms with Crippen molar-refractivity contribution in [1.82, 2.24) is 5.32 Å². The molecule has 0 aromatic rings. The second kappa shape index (κ2) is 9.73. The molecule has 0 spiro atoms. The summed E-state index contributed by atoms with van der Waals surface area (Å²) in [5.74, 6) is -1.38. The molecule has 2 N–H and O–H groups in total. The molecule has 1 saturated heterocycles. The van der Waals surface area contributed by atoms with Crippen LogP contribution < -0.4 is 5.32 Å². The molecule has 0 bridgehead atoms. The first-order chi connectivity index (χ1) is 10.0. The van der Waals surface area contributed by atoms with Crippen LogP contribution in [0.2, 0.25) is 0 Å². The van der Waals surface area contributed by atoms with Crippen molar-refractivity contribution in [2.24, 2.45) is 0 Å². The molecule has 3 unspecified atom stereocenters. The minimum absolute atomic E-state index is 0.0457. The molecule has 122 valence electrons. The smallest absolute Gasteiger partial charge is 0.326 e. The molecule has 21 heavy (non-hydrogen) atoms. The monoisotopic (exact) mass is 301 g/mol. The van der Waals surface area contributed by atoms with Crippen LogP contribution in [0.25, 0.3) is 0 Å². The number of carboxylic acids is 1. The lowest BCUT2D eigenvalue weighted by Gasteiger charge is -2.24. The fourth-order valence-electron chi connectivity index (χ4n) is 2.22. The van der Waals surface area contributed by atoms with Crippen molar-refractivity contribution < 1.29 is 24.2 Å². The summed E-state index contributed by atoms with van der Waals surface area (Å²) in [5, 5.41) is 11.6. The van der Waals surface area contributed by atoms with Crippen LogP contribution in [0, 0.1) is 0 Å². The SMILES string of the molecule is CCCCC(NC(=O)C(C)OCC1CCCCO1)C(=O)O. The zero-order valence-corrected chi connectivity index (χ0v) is 13.0. The van der Waals surface area contributed by atoms with E-state index in [1.54, 1.807) is 6.92 Å². The maximum Gasteiger partial charge on any atom is 0.326 e. The van der Waals surface area contributed by atoms with Gasteiger partial charge in [0.25, 0.3) is 0 Å². The molecule has 0 aromatic carbocycles. The highest BCUT2D eigenvalue weighted by molar-refractivity contribution is 5.86. The number of rotatable bonds is 9. The van der Waals surface area contributed by atoms with Gasteiger partial charge in [-0.1, -0.05) is 19.8 Å². The summed E-state index contributed by atoms with van der Waals surface area (Å²) in [7, 11) is 0. The van der Waals surface area contributed by atoms with Crippen molar-refractivity contribution in [3.8, 4) is 0 Å². The van der Waals surface area contributed by atoms with Crippen LogP contribution in [0.5, 0.6) is 0 Å². The van der Waals surface area contributed by atoms with E-state index in [0.717, 1.165) is 38.7 Å². The van der Waals surface area contributed by atoms with Gasteiger partial charge in [-0.25, -0.2) is 4.79 Å². The largest absolute Gasteiger partial charge is 0.480 e. The number of carboxylic acid groups (broad SMARTS) is 1. The summed E-state index contributed by atoms with van der Waals surface area (Å²) in [4.78, 5) is 23.0. The molecule has 1 rings (SSSR count). The molecule has 0 aliphatic carbocycles. The fourth-order valence-corrected chi connectivity index (χ4v) is 2.22. The Balaban J connectivity index is 2.32. The van der Waals surface area contributed by atoms with Gasteiger partial charge in [0.1, 0.15) is 12.1 Å². The Labute approximate surface area is 126 Å². The number of amides is 1. The molecule has 6 heteroatoms. The summed E-state index contributed by atoms with van der Waals surface area (Å²) < 4.78 is 11.0. The highest BCUT2D eigenvalue weighted by Crippen LogP contribution is 2.13. The Morgan fingerprint density at radius 3 is 2.76 bits per heavy atom. The molecule has 0 aromatic heterocycles. The first-order valence-electron chi connectivity index (χ1n) is 7.81. The Morgan fingerprint density at radius 1 is 1.43 bits per heavy atom. The fraction of sp³-hybridized carbons (Fsp3) is 0.867. The van der Waals surface area contributed by atoms with Gasteiger partial charge in [0.15, 0.2) is 0 Å². The number of unbranched alkanes of at least 4 members (excludes halogenated alkanes) is 1. The van der Waals surface area contributed by atoms with Crippen LogP contribution in [0.1, 0.15) is 52.4 Å². The van der Waals surface area contributed by atoms with Gasteiger partial charge in [0.05, 0.1) is 12.7 Å². The van der Waals surface area contributed by atoms with Crippen molar-refractivity contribution in [2.75, 3.05) is 13.2 Å². The van der Waals surface area contributed by atoms with Crippen molar-refractivity contribution in [3.05, 3.63) is 0 Å². The minimum Gasteiger partial charge on any atom is -0.480 e. The third-order valence-corrected chi connectivity index (χ3v) is 3.64. The summed E-state index contributed by atoms with van der Waals surface area (Å²) in [6, 6.07) is -0.838. The van der Waals surface area contributed by atoms with Crippen LogP contribution in [-0.2, 0) is 19.1 Å². The van der Waals surface area contributed by atoms with Crippen molar-refractivity contribution in [2.45, 2.75) is 70.6 Å². The van der Waals surface area contributed by atoms with Crippen LogP contribution in [0.4, 0.5) is 0 Å². The molecule has 3 atom stereocenters. The first-order valence-corrected chi connectivity index (χ1v) is 7.81. The van der Waals surface area contributed by atoms with Crippen LogP contribution >= 0.6 is 0 Å². The zero-order chi connectivity index (χ0) is 15.7. The third kappa shape index (κ3) is 6.91. The number of carbonyl (C=O) groups excluding carboxylic acids is 1. The van der Waals surface area contributed by atoms with Gasteiger partial charge in [-0.15, -0.1) is 0 Å². The van der Waals surface area contributed by atoms with Gasteiger partial charge < -0.3 is 19.9 Å². The lowest BCUT2D eigenvalue weighted by atomic mass is 10.1. The molecule has 1 aliphatic rings. The summed E-state index contributed by atoms with van der Waals surface area (Å²) in [6.45, 7) is 4.74. The average Bonchev–Trinajstić information content (AvgIpc) is 2.49. The van der Waals surface area contributed by atoms with E-state index in [1.807, 2.05) is 6.92 Å². The van der Waals surface area contributed by atoms with E-state index in [1.165, 1.54) is 0 Å². The van der Waals surface area contributed by atoms with Crippen molar-refractivity contribution in [1.29, 1.82) is 0 Å². The maximum atomic E-state index is 12.0. The normalized spacial score (nSPS) is 21.5. The van der Waals surface area contributed by atoms with E-state index in [-0.39, 0.29) is 12.0 Å². The molecular weight excluding hydrogens is 274 g/mol. The standard InChI is InChI=1S/C15H27NO5/c1-3-4-8-13(15(18)19)16-14(17)11(2)21-10-12-7-5-6-9-20-12/h11-13H,3-10H2,1-2H3,(H,16,17)(H,18,19). The van der Waals surface area contributed by atoms with Gasteiger partial charge in [-0.2, -0.15) is 0 Å². The van der Waals surface area contributed by atoms with E-state index in [0.29, 0.717) is 13.0 Å². The Hall–Kier alpha value is -1.14. The summed E-state index contributed by atoms with van der Waals surface area (Å²) >= 11 is 0. The molecule has 0 radical (unpaired) electrons. The lowest BCUT2D eigenvalue weighted by molar-refractivity contribution is -0.145. The van der Waals surface area contributed by atoms with Crippen LogP contribution in [0.3, 0.4) is 0 Å². The number of hydrogen-bond acceptors (Lipinski definition) is 4. The molecule has 6 nitrogen and oxygen atoms in total. The molecule has 1 heterocycles. The van der Waals surface area contributed by atoms with Gasteiger partial charge in [-0.3, -0.25) is 4.79 Å². The molecule has 1 fully saturated rings. The number of aliphatic carboxylic acids is 1.